The molecule has 0 amide bonds. The van der Waals surface area contributed by atoms with E-state index in [1.807, 2.05) is 0 Å². The minimum atomic E-state index is -3.06. The molecule has 3 rings (SSSR count). The van der Waals surface area contributed by atoms with Crippen LogP contribution in [0.5, 0.6) is 0 Å². The molecule has 1 heterocycles. The van der Waals surface area contributed by atoms with Gasteiger partial charge in [-0.3, -0.25) is 4.90 Å². The summed E-state index contributed by atoms with van der Waals surface area (Å²) in [5.41, 5.74) is 3.03. The molecule has 24 heavy (non-hydrogen) atoms. The van der Waals surface area contributed by atoms with Crippen LogP contribution < -0.4 is 0 Å². The Labute approximate surface area is 146 Å². The van der Waals surface area contributed by atoms with E-state index >= 15 is 0 Å². The third-order valence-corrected chi connectivity index (χ3v) is 7.30. The van der Waals surface area contributed by atoms with Crippen LogP contribution in [0, 0.1) is 0 Å². The van der Waals surface area contributed by atoms with E-state index in [1.54, 1.807) is 14.1 Å². The average molecular weight is 352 g/mol. The zero-order valence-corrected chi connectivity index (χ0v) is 15.6. The fraction of sp³-hybridized carbons (Fsp3) is 0.667. The summed E-state index contributed by atoms with van der Waals surface area (Å²) in [6.07, 6.45) is 3.07. The highest BCUT2D eigenvalue weighted by molar-refractivity contribution is 7.89. The molecule has 134 valence electrons. The molecule has 0 aromatic heterocycles. The summed E-state index contributed by atoms with van der Waals surface area (Å²) in [5, 5.41) is 0. The summed E-state index contributed by atoms with van der Waals surface area (Å²) >= 11 is 0. The second-order valence-electron chi connectivity index (χ2n) is 7.16. The van der Waals surface area contributed by atoms with Crippen molar-refractivity contribution in [3.63, 3.8) is 0 Å². The third kappa shape index (κ3) is 4.17. The summed E-state index contributed by atoms with van der Waals surface area (Å²) in [6.45, 7) is 5.17. The van der Waals surface area contributed by atoms with Crippen molar-refractivity contribution in [2.24, 2.45) is 0 Å². The van der Waals surface area contributed by atoms with E-state index in [0.717, 1.165) is 39.1 Å². The molecule has 0 saturated carbocycles. The first-order chi connectivity index (χ1) is 11.5. The number of hydrogen-bond acceptors (Lipinski definition) is 4. The molecule has 0 N–H and O–H groups in total. The first-order valence-electron chi connectivity index (χ1n) is 8.89. The minimum absolute atomic E-state index is 0.248. The molecule has 1 aromatic carbocycles. The molecule has 1 aliphatic carbocycles. The molecular formula is C18H29N3O2S. The standard InChI is InChI=1S/C18H29N3O2S/c1-19(2)24(22,23)13-5-8-20-9-11-21(12-10-20)18-14-16-6-3-4-7-17(16)15-18/h3-4,6-7,18H,5,8-15H2,1-2H3. The van der Waals surface area contributed by atoms with Gasteiger partial charge in [-0.05, 0) is 36.9 Å². The molecule has 1 aliphatic heterocycles. The van der Waals surface area contributed by atoms with E-state index in [-0.39, 0.29) is 5.75 Å². The van der Waals surface area contributed by atoms with E-state index < -0.39 is 10.0 Å². The maximum absolute atomic E-state index is 11.8. The van der Waals surface area contributed by atoms with Gasteiger partial charge in [-0.2, -0.15) is 0 Å². The molecule has 0 radical (unpaired) electrons. The zero-order valence-electron chi connectivity index (χ0n) is 14.8. The van der Waals surface area contributed by atoms with Gasteiger partial charge in [-0.15, -0.1) is 0 Å². The number of piperazine rings is 1. The Bertz CT molecular complexity index is 627. The highest BCUT2D eigenvalue weighted by atomic mass is 32.2. The predicted octanol–water partition coefficient (Wildman–Crippen LogP) is 1.05. The normalized spacial score (nSPS) is 20.6. The van der Waals surface area contributed by atoms with Crippen LogP contribution in [-0.2, 0) is 22.9 Å². The van der Waals surface area contributed by atoms with Gasteiger partial charge in [-0.25, -0.2) is 12.7 Å². The Kier molecular flexibility index (Phi) is 5.59. The number of benzene rings is 1. The van der Waals surface area contributed by atoms with Crippen molar-refractivity contribution in [2.75, 3.05) is 52.6 Å². The van der Waals surface area contributed by atoms with Crippen LogP contribution in [0.15, 0.2) is 24.3 Å². The van der Waals surface area contributed by atoms with E-state index in [4.69, 9.17) is 0 Å². The highest BCUT2D eigenvalue weighted by Gasteiger charge is 2.29. The topological polar surface area (TPSA) is 43.9 Å². The van der Waals surface area contributed by atoms with Crippen LogP contribution in [-0.4, -0.2) is 81.1 Å². The van der Waals surface area contributed by atoms with Gasteiger partial charge in [0.25, 0.3) is 0 Å². The van der Waals surface area contributed by atoms with Gasteiger partial charge >= 0.3 is 0 Å². The number of nitrogens with zero attached hydrogens (tertiary/aromatic N) is 3. The first kappa shape index (κ1) is 17.9. The molecule has 1 aromatic rings. The number of hydrogen-bond donors (Lipinski definition) is 0. The Morgan fingerprint density at radius 1 is 1.04 bits per heavy atom. The molecule has 0 atom stereocenters. The van der Waals surface area contributed by atoms with Gasteiger partial charge < -0.3 is 4.90 Å². The van der Waals surface area contributed by atoms with Crippen LogP contribution >= 0.6 is 0 Å². The van der Waals surface area contributed by atoms with Crippen LogP contribution in [0.4, 0.5) is 0 Å². The lowest BCUT2D eigenvalue weighted by Gasteiger charge is -2.38. The Balaban J connectivity index is 1.41. The van der Waals surface area contributed by atoms with Gasteiger partial charge in [0.2, 0.25) is 10.0 Å². The van der Waals surface area contributed by atoms with Crippen LogP contribution in [0.25, 0.3) is 0 Å². The lowest BCUT2D eigenvalue weighted by Crippen LogP contribution is -2.50. The maximum Gasteiger partial charge on any atom is 0.213 e. The van der Waals surface area contributed by atoms with E-state index in [9.17, 15) is 8.42 Å². The summed E-state index contributed by atoms with van der Waals surface area (Å²) in [5.74, 6) is 0.248. The summed E-state index contributed by atoms with van der Waals surface area (Å²) < 4.78 is 24.9. The van der Waals surface area contributed by atoms with E-state index in [2.05, 4.69) is 34.1 Å². The quantitative estimate of drug-likeness (QED) is 0.769. The lowest BCUT2D eigenvalue weighted by molar-refractivity contribution is 0.0994. The fourth-order valence-electron chi connectivity index (χ4n) is 3.80. The molecule has 0 unspecified atom stereocenters. The lowest BCUT2D eigenvalue weighted by atomic mass is 10.1. The van der Waals surface area contributed by atoms with Gasteiger partial charge in [0, 0.05) is 46.3 Å². The van der Waals surface area contributed by atoms with Crippen molar-refractivity contribution in [2.45, 2.75) is 25.3 Å². The SMILES string of the molecule is CN(C)S(=O)(=O)CCCN1CCN(C2Cc3ccccc3C2)CC1. The minimum Gasteiger partial charge on any atom is -0.301 e. The van der Waals surface area contributed by atoms with Gasteiger partial charge in [0.1, 0.15) is 0 Å². The van der Waals surface area contributed by atoms with Crippen molar-refractivity contribution in [1.29, 1.82) is 0 Å². The van der Waals surface area contributed by atoms with Crippen LogP contribution in [0.3, 0.4) is 0 Å². The largest absolute Gasteiger partial charge is 0.301 e. The van der Waals surface area contributed by atoms with Gasteiger partial charge in [0.15, 0.2) is 0 Å². The van der Waals surface area contributed by atoms with E-state index in [0.29, 0.717) is 6.04 Å². The monoisotopic (exact) mass is 351 g/mol. The molecule has 2 aliphatic rings. The summed E-state index contributed by atoms with van der Waals surface area (Å²) in [7, 11) is 0.153. The maximum atomic E-state index is 11.8. The molecule has 5 nitrogen and oxygen atoms in total. The molecule has 1 fully saturated rings. The number of rotatable bonds is 6. The Morgan fingerprint density at radius 2 is 1.62 bits per heavy atom. The molecule has 6 heteroatoms. The van der Waals surface area contributed by atoms with Crippen molar-refractivity contribution in [3.8, 4) is 0 Å². The van der Waals surface area contributed by atoms with Crippen LogP contribution in [0.1, 0.15) is 17.5 Å². The molecule has 0 spiro atoms. The Morgan fingerprint density at radius 3 is 2.17 bits per heavy atom. The smallest absolute Gasteiger partial charge is 0.213 e. The molecule has 0 bridgehead atoms. The van der Waals surface area contributed by atoms with E-state index in [1.165, 1.54) is 28.3 Å². The zero-order chi connectivity index (χ0) is 17.2. The summed E-state index contributed by atoms with van der Waals surface area (Å²) in [4.78, 5) is 5.02. The Hall–Kier alpha value is -0.950. The average Bonchev–Trinajstić information content (AvgIpc) is 2.99. The van der Waals surface area contributed by atoms with Crippen molar-refractivity contribution in [3.05, 3.63) is 35.4 Å². The molecule has 1 saturated heterocycles. The fourth-order valence-corrected chi connectivity index (χ4v) is 4.66. The second kappa shape index (κ2) is 7.52. The van der Waals surface area contributed by atoms with Crippen LogP contribution in [0.2, 0.25) is 0 Å². The van der Waals surface area contributed by atoms with Crippen molar-refractivity contribution >= 4 is 10.0 Å². The predicted molar refractivity (Wildman–Crippen MR) is 97.7 cm³/mol. The third-order valence-electron chi connectivity index (χ3n) is 5.39. The molecular weight excluding hydrogens is 322 g/mol. The van der Waals surface area contributed by atoms with Crippen molar-refractivity contribution < 1.29 is 8.42 Å². The number of sulfonamides is 1. The highest BCUT2D eigenvalue weighted by Crippen LogP contribution is 2.26. The van der Waals surface area contributed by atoms with Gasteiger partial charge in [0.05, 0.1) is 5.75 Å². The first-order valence-corrected chi connectivity index (χ1v) is 10.5. The van der Waals surface area contributed by atoms with Crippen molar-refractivity contribution in [1.82, 2.24) is 14.1 Å². The second-order valence-corrected chi connectivity index (χ2v) is 9.46. The number of fused-ring (bicyclic) bond motifs is 1. The summed E-state index contributed by atoms with van der Waals surface area (Å²) in [6, 6.07) is 9.45. The van der Waals surface area contributed by atoms with Gasteiger partial charge in [-0.1, -0.05) is 24.3 Å².